The van der Waals surface area contributed by atoms with Crippen LogP contribution in [-0.2, 0) is 16.1 Å². The summed E-state index contributed by atoms with van der Waals surface area (Å²) in [6.07, 6.45) is 5.52. The molecule has 0 radical (unpaired) electrons. The summed E-state index contributed by atoms with van der Waals surface area (Å²) in [4.78, 5) is 13.2. The number of anilines is 1. The minimum absolute atomic E-state index is 0.431. The van der Waals surface area contributed by atoms with Crippen molar-refractivity contribution in [3.63, 3.8) is 0 Å². The van der Waals surface area contributed by atoms with Gasteiger partial charge in [-0.2, -0.15) is 0 Å². The molecule has 1 heterocycles. The van der Waals surface area contributed by atoms with Gasteiger partial charge in [-0.25, -0.2) is 4.98 Å². The fraction of sp³-hybridized carbons (Fsp3) is 0.231. The Morgan fingerprint density at radius 2 is 2.11 bits per heavy atom. The summed E-state index contributed by atoms with van der Waals surface area (Å²) in [5.74, 6) is 0. The minimum atomic E-state index is 0.431. The van der Waals surface area contributed by atoms with Crippen LogP contribution in [0.15, 0.2) is 43.0 Å². The Morgan fingerprint density at radius 3 is 2.56 bits per heavy atom. The van der Waals surface area contributed by atoms with Crippen molar-refractivity contribution in [3.8, 4) is 0 Å². The van der Waals surface area contributed by atoms with Crippen LogP contribution in [0.5, 0.6) is 0 Å². The van der Waals surface area contributed by atoms with Gasteiger partial charge in [0.05, 0.1) is 12.9 Å². The highest BCUT2D eigenvalue weighted by Crippen LogP contribution is 2.06. The predicted octanol–water partition coefficient (Wildman–Crippen LogP) is 1.69. The van der Waals surface area contributed by atoms with Crippen molar-refractivity contribution < 1.29 is 9.53 Å². The van der Waals surface area contributed by atoms with Gasteiger partial charge < -0.3 is 15.0 Å². The largest absolute Gasteiger partial charge is 0.468 e. The average Bonchev–Trinajstić information content (AvgIpc) is 2.87. The summed E-state index contributed by atoms with van der Waals surface area (Å²) >= 11 is 0. The number of rotatable bonds is 4. The van der Waals surface area contributed by atoms with Gasteiger partial charge >= 0.3 is 0 Å². The fourth-order valence-corrected chi connectivity index (χ4v) is 1.28. The Hall–Kier alpha value is -2.30. The molecule has 0 aliphatic carbocycles. The van der Waals surface area contributed by atoms with E-state index in [1.807, 2.05) is 35.0 Å². The molecule has 5 heteroatoms. The molecule has 2 rings (SSSR count). The third-order valence-electron chi connectivity index (χ3n) is 2.14. The smallest absolute Gasteiger partial charge is 0.293 e. The first kappa shape index (κ1) is 13.8. The molecule has 2 N–H and O–H groups in total. The van der Waals surface area contributed by atoms with Gasteiger partial charge in [0.1, 0.15) is 0 Å². The number of imidazole rings is 1. The van der Waals surface area contributed by atoms with E-state index in [9.17, 15) is 4.79 Å². The number of hydrogen-bond donors (Lipinski definition) is 1. The Labute approximate surface area is 106 Å². The van der Waals surface area contributed by atoms with Crippen LogP contribution in [0.4, 0.5) is 5.69 Å². The molecule has 18 heavy (non-hydrogen) atoms. The number of benzene rings is 1. The third-order valence-corrected chi connectivity index (χ3v) is 2.14. The molecule has 0 bridgehead atoms. The quantitative estimate of drug-likeness (QED) is 0.659. The van der Waals surface area contributed by atoms with Gasteiger partial charge in [0, 0.05) is 24.6 Å². The maximum atomic E-state index is 9.18. The predicted molar refractivity (Wildman–Crippen MR) is 69.9 cm³/mol. The van der Waals surface area contributed by atoms with Gasteiger partial charge in [-0.15, -0.1) is 0 Å². The van der Waals surface area contributed by atoms with E-state index in [0.29, 0.717) is 13.1 Å². The summed E-state index contributed by atoms with van der Waals surface area (Å²) in [6.45, 7) is 3.51. The second kappa shape index (κ2) is 7.89. The SMILES string of the molecule is CCOC=O.Nc1ccc(Cn2ccnc2)cc1. The van der Waals surface area contributed by atoms with Crippen LogP contribution in [0.2, 0.25) is 0 Å². The minimum Gasteiger partial charge on any atom is -0.468 e. The van der Waals surface area contributed by atoms with Gasteiger partial charge in [0.15, 0.2) is 0 Å². The monoisotopic (exact) mass is 247 g/mol. The molecule has 5 nitrogen and oxygen atoms in total. The summed E-state index contributed by atoms with van der Waals surface area (Å²) in [5.41, 5.74) is 7.61. The summed E-state index contributed by atoms with van der Waals surface area (Å²) in [6, 6.07) is 7.86. The van der Waals surface area contributed by atoms with Gasteiger partial charge in [0.25, 0.3) is 6.47 Å². The van der Waals surface area contributed by atoms with Gasteiger partial charge in [-0.3, -0.25) is 4.79 Å². The van der Waals surface area contributed by atoms with Crippen molar-refractivity contribution in [1.29, 1.82) is 0 Å². The molecule has 0 aliphatic rings. The number of hydrogen-bond acceptors (Lipinski definition) is 4. The van der Waals surface area contributed by atoms with Gasteiger partial charge in [0.2, 0.25) is 0 Å². The molecule has 0 unspecified atom stereocenters. The lowest BCUT2D eigenvalue weighted by molar-refractivity contribution is -0.128. The van der Waals surface area contributed by atoms with E-state index < -0.39 is 0 Å². The molecule has 0 saturated heterocycles. The molecule has 0 saturated carbocycles. The van der Waals surface area contributed by atoms with Crippen molar-refractivity contribution in [2.45, 2.75) is 13.5 Å². The van der Waals surface area contributed by atoms with Crippen LogP contribution in [-0.4, -0.2) is 22.6 Å². The van der Waals surface area contributed by atoms with E-state index in [2.05, 4.69) is 9.72 Å². The van der Waals surface area contributed by atoms with Crippen molar-refractivity contribution >= 4 is 12.2 Å². The van der Waals surface area contributed by atoms with E-state index in [0.717, 1.165) is 12.2 Å². The number of carbonyl (C=O) groups is 1. The third kappa shape index (κ3) is 5.16. The number of nitrogens with two attached hydrogens (primary N) is 1. The average molecular weight is 247 g/mol. The molecule has 0 spiro atoms. The van der Waals surface area contributed by atoms with Crippen LogP contribution in [0.3, 0.4) is 0 Å². The Morgan fingerprint density at radius 1 is 1.39 bits per heavy atom. The number of ether oxygens (including phenoxy) is 1. The molecule has 0 aliphatic heterocycles. The van der Waals surface area contributed by atoms with Crippen molar-refractivity contribution in [1.82, 2.24) is 9.55 Å². The molecule has 1 aromatic heterocycles. The zero-order valence-electron chi connectivity index (χ0n) is 10.3. The second-order valence-corrected chi connectivity index (χ2v) is 3.53. The first-order valence-corrected chi connectivity index (χ1v) is 5.61. The second-order valence-electron chi connectivity index (χ2n) is 3.53. The molecule has 0 fully saturated rings. The van der Waals surface area contributed by atoms with Crippen LogP contribution < -0.4 is 5.73 Å². The summed E-state index contributed by atoms with van der Waals surface area (Å²) in [5, 5.41) is 0. The topological polar surface area (TPSA) is 70.1 Å². The number of carbonyl (C=O) groups excluding carboxylic acids is 1. The Kier molecular flexibility index (Phi) is 6.03. The highest BCUT2D eigenvalue weighted by molar-refractivity contribution is 5.39. The van der Waals surface area contributed by atoms with E-state index >= 15 is 0 Å². The zero-order valence-corrected chi connectivity index (χ0v) is 10.3. The van der Waals surface area contributed by atoms with Gasteiger partial charge in [-0.1, -0.05) is 12.1 Å². The maximum Gasteiger partial charge on any atom is 0.293 e. The van der Waals surface area contributed by atoms with Crippen molar-refractivity contribution in [3.05, 3.63) is 48.5 Å². The van der Waals surface area contributed by atoms with Crippen LogP contribution in [0, 0.1) is 0 Å². The molecule has 2 aromatic rings. The first-order valence-electron chi connectivity index (χ1n) is 5.61. The molecule has 0 atom stereocenters. The lowest BCUT2D eigenvalue weighted by Gasteiger charge is -2.02. The summed E-state index contributed by atoms with van der Waals surface area (Å²) < 4.78 is 6.17. The van der Waals surface area contributed by atoms with Crippen molar-refractivity contribution in [2.75, 3.05) is 12.3 Å². The van der Waals surface area contributed by atoms with Crippen LogP contribution in [0.1, 0.15) is 12.5 Å². The lowest BCUT2D eigenvalue weighted by Crippen LogP contribution is -1.96. The van der Waals surface area contributed by atoms with Crippen LogP contribution >= 0.6 is 0 Å². The maximum absolute atomic E-state index is 9.18. The van der Waals surface area contributed by atoms with E-state index in [-0.39, 0.29) is 0 Å². The number of nitrogens with zero attached hydrogens (tertiary/aromatic N) is 2. The highest BCUT2D eigenvalue weighted by atomic mass is 16.5. The van der Waals surface area contributed by atoms with Crippen molar-refractivity contribution in [2.24, 2.45) is 0 Å². The fourth-order valence-electron chi connectivity index (χ4n) is 1.28. The van der Waals surface area contributed by atoms with Crippen LogP contribution in [0.25, 0.3) is 0 Å². The standard InChI is InChI=1S/C10H11N3.C3H6O2/c11-10-3-1-9(2-4-10)7-13-6-5-12-8-13;1-2-5-3-4/h1-6,8H,7,11H2;3H,2H2,1H3. The van der Waals surface area contributed by atoms with E-state index in [1.165, 1.54) is 5.56 Å². The van der Waals surface area contributed by atoms with E-state index in [4.69, 9.17) is 5.73 Å². The molecular weight excluding hydrogens is 230 g/mol. The van der Waals surface area contributed by atoms with E-state index in [1.54, 1.807) is 19.4 Å². The first-order chi connectivity index (χ1) is 8.76. The Balaban J connectivity index is 0.000000280. The molecule has 0 amide bonds. The zero-order chi connectivity index (χ0) is 13.2. The normalized spacial score (nSPS) is 9.17. The summed E-state index contributed by atoms with van der Waals surface area (Å²) in [7, 11) is 0. The molecule has 1 aromatic carbocycles. The lowest BCUT2D eigenvalue weighted by atomic mass is 10.2. The molecule has 96 valence electrons. The molecular formula is C13H17N3O2. The Bertz CT molecular complexity index is 438. The number of aromatic nitrogens is 2. The number of nitrogen functional groups attached to an aromatic ring is 1. The van der Waals surface area contributed by atoms with Gasteiger partial charge in [-0.05, 0) is 24.6 Å². The highest BCUT2D eigenvalue weighted by Gasteiger charge is 1.93.